The monoisotopic (exact) mass is 214 g/mol. The van der Waals surface area contributed by atoms with Gasteiger partial charge in [0.05, 0.1) is 12.3 Å². The Morgan fingerprint density at radius 1 is 1.38 bits per heavy atom. The number of rotatable bonds is 3. The van der Waals surface area contributed by atoms with E-state index in [9.17, 15) is 0 Å². The van der Waals surface area contributed by atoms with Gasteiger partial charge in [-0.05, 0) is 19.9 Å². The van der Waals surface area contributed by atoms with Crippen LogP contribution in [0.5, 0.6) is 0 Å². The van der Waals surface area contributed by atoms with Crippen molar-refractivity contribution in [3.63, 3.8) is 0 Å². The van der Waals surface area contributed by atoms with Gasteiger partial charge in [0.1, 0.15) is 11.1 Å². The molecule has 0 bridgehead atoms. The molecule has 3 heteroatoms. The van der Waals surface area contributed by atoms with Gasteiger partial charge in [0.15, 0.2) is 0 Å². The molecule has 2 aromatic rings. The van der Waals surface area contributed by atoms with E-state index in [0.717, 1.165) is 16.5 Å². The summed E-state index contributed by atoms with van der Waals surface area (Å²) in [7, 11) is 0. The van der Waals surface area contributed by atoms with Crippen LogP contribution in [0.2, 0.25) is 0 Å². The first-order chi connectivity index (χ1) is 7.62. The highest BCUT2D eigenvalue weighted by atomic mass is 16.3. The van der Waals surface area contributed by atoms with E-state index in [0.29, 0.717) is 6.54 Å². The van der Waals surface area contributed by atoms with E-state index in [4.69, 9.17) is 9.68 Å². The van der Waals surface area contributed by atoms with Gasteiger partial charge in [-0.2, -0.15) is 5.26 Å². The minimum atomic E-state index is -0.516. The zero-order valence-electron chi connectivity index (χ0n) is 9.45. The Balaban J connectivity index is 2.20. The van der Waals surface area contributed by atoms with Crippen LogP contribution in [0.3, 0.4) is 0 Å². The van der Waals surface area contributed by atoms with Gasteiger partial charge in [0, 0.05) is 17.5 Å². The smallest absolute Gasteiger partial charge is 0.134 e. The van der Waals surface area contributed by atoms with Crippen molar-refractivity contribution in [1.82, 2.24) is 5.32 Å². The van der Waals surface area contributed by atoms with Crippen LogP contribution in [0, 0.1) is 11.3 Å². The summed E-state index contributed by atoms with van der Waals surface area (Å²) in [5, 5.41) is 13.2. The molecule has 1 aromatic heterocycles. The summed E-state index contributed by atoms with van der Waals surface area (Å²) in [4.78, 5) is 0. The molecule has 0 fully saturated rings. The molecule has 0 saturated heterocycles. The van der Waals surface area contributed by atoms with E-state index in [1.54, 1.807) is 6.26 Å². The van der Waals surface area contributed by atoms with Gasteiger partial charge in [-0.25, -0.2) is 0 Å². The Bertz CT molecular complexity index is 534. The maximum absolute atomic E-state index is 8.90. The van der Waals surface area contributed by atoms with Crippen LogP contribution in [-0.4, -0.2) is 5.54 Å². The summed E-state index contributed by atoms with van der Waals surface area (Å²) in [5.41, 5.74) is 1.45. The lowest BCUT2D eigenvalue weighted by Gasteiger charge is -2.16. The van der Waals surface area contributed by atoms with E-state index >= 15 is 0 Å². The number of furan rings is 1. The summed E-state index contributed by atoms with van der Waals surface area (Å²) in [5.74, 6) is 0. The first-order valence-corrected chi connectivity index (χ1v) is 5.24. The molecule has 0 aliphatic carbocycles. The van der Waals surface area contributed by atoms with Crippen LogP contribution in [0.25, 0.3) is 11.0 Å². The Labute approximate surface area is 94.7 Å². The standard InChI is InChI=1S/C13H14N2O/c1-13(2,9-14)15-7-10-8-16-12-6-4-3-5-11(10)12/h3-6,8,15H,7H2,1-2H3. The molecular weight excluding hydrogens is 200 g/mol. The lowest BCUT2D eigenvalue weighted by atomic mass is 10.1. The molecule has 0 amide bonds. The van der Waals surface area contributed by atoms with Crippen LogP contribution in [0.15, 0.2) is 34.9 Å². The van der Waals surface area contributed by atoms with Gasteiger partial charge in [0.25, 0.3) is 0 Å². The van der Waals surface area contributed by atoms with Crippen molar-refractivity contribution in [3.8, 4) is 6.07 Å². The molecule has 16 heavy (non-hydrogen) atoms. The number of para-hydroxylation sites is 1. The highest BCUT2D eigenvalue weighted by Crippen LogP contribution is 2.20. The van der Waals surface area contributed by atoms with Gasteiger partial charge in [-0.1, -0.05) is 18.2 Å². The lowest BCUT2D eigenvalue weighted by molar-refractivity contribution is 0.483. The molecule has 0 saturated carbocycles. The van der Waals surface area contributed by atoms with Crippen molar-refractivity contribution in [2.24, 2.45) is 0 Å². The second kappa shape index (κ2) is 3.99. The van der Waals surface area contributed by atoms with E-state index in [-0.39, 0.29) is 0 Å². The third kappa shape index (κ3) is 2.07. The first-order valence-electron chi connectivity index (χ1n) is 5.24. The number of nitrogens with zero attached hydrogens (tertiary/aromatic N) is 1. The van der Waals surface area contributed by atoms with Crippen molar-refractivity contribution in [1.29, 1.82) is 5.26 Å². The normalized spacial score (nSPS) is 11.6. The number of fused-ring (bicyclic) bond motifs is 1. The largest absolute Gasteiger partial charge is 0.464 e. The maximum Gasteiger partial charge on any atom is 0.134 e. The zero-order valence-corrected chi connectivity index (χ0v) is 9.45. The molecule has 0 atom stereocenters. The van der Waals surface area contributed by atoms with Crippen molar-refractivity contribution >= 4 is 11.0 Å². The average molecular weight is 214 g/mol. The van der Waals surface area contributed by atoms with Gasteiger partial charge in [0.2, 0.25) is 0 Å². The van der Waals surface area contributed by atoms with Gasteiger partial charge >= 0.3 is 0 Å². The second-order valence-electron chi connectivity index (χ2n) is 4.35. The predicted octanol–water partition coefficient (Wildman–Crippen LogP) is 2.82. The fourth-order valence-corrected chi connectivity index (χ4v) is 1.53. The molecule has 82 valence electrons. The van der Waals surface area contributed by atoms with Crippen molar-refractivity contribution in [2.45, 2.75) is 25.9 Å². The topological polar surface area (TPSA) is 49.0 Å². The summed E-state index contributed by atoms with van der Waals surface area (Å²) < 4.78 is 5.42. The van der Waals surface area contributed by atoms with E-state index in [1.807, 2.05) is 38.1 Å². The minimum absolute atomic E-state index is 0.516. The average Bonchev–Trinajstić information content (AvgIpc) is 2.70. The molecule has 3 nitrogen and oxygen atoms in total. The lowest BCUT2D eigenvalue weighted by Crippen LogP contribution is -2.36. The van der Waals surface area contributed by atoms with E-state index in [1.165, 1.54) is 0 Å². The summed E-state index contributed by atoms with van der Waals surface area (Å²) in [6.45, 7) is 4.35. The van der Waals surface area contributed by atoms with E-state index in [2.05, 4.69) is 11.4 Å². The summed E-state index contributed by atoms with van der Waals surface area (Å²) >= 11 is 0. The number of nitrogens with one attached hydrogen (secondary N) is 1. The number of hydrogen-bond acceptors (Lipinski definition) is 3. The minimum Gasteiger partial charge on any atom is -0.464 e. The van der Waals surface area contributed by atoms with Gasteiger partial charge in [-0.15, -0.1) is 0 Å². The number of nitriles is 1. The first kappa shape index (κ1) is 10.7. The second-order valence-corrected chi connectivity index (χ2v) is 4.35. The van der Waals surface area contributed by atoms with Crippen molar-refractivity contribution in [2.75, 3.05) is 0 Å². The Kier molecular flexibility index (Phi) is 2.67. The van der Waals surface area contributed by atoms with Crippen LogP contribution >= 0.6 is 0 Å². The van der Waals surface area contributed by atoms with Gasteiger partial charge < -0.3 is 4.42 Å². The molecule has 0 aliphatic heterocycles. The molecule has 0 radical (unpaired) electrons. The number of benzene rings is 1. The van der Waals surface area contributed by atoms with Gasteiger partial charge in [-0.3, -0.25) is 5.32 Å². The molecule has 1 aromatic carbocycles. The van der Waals surface area contributed by atoms with Crippen LogP contribution in [0.1, 0.15) is 19.4 Å². The fourth-order valence-electron chi connectivity index (χ4n) is 1.53. The van der Waals surface area contributed by atoms with Crippen LogP contribution < -0.4 is 5.32 Å². The summed E-state index contributed by atoms with van der Waals surface area (Å²) in [6.07, 6.45) is 1.74. The van der Waals surface area contributed by atoms with Crippen molar-refractivity contribution in [3.05, 3.63) is 36.1 Å². The highest BCUT2D eigenvalue weighted by molar-refractivity contribution is 5.80. The van der Waals surface area contributed by atoms with Crippen LogP contribution in [0.4, 0.5) is 0 Å². The fraction of sp³-hybridized carbons (Fsp3) is 0.308. The molecule has 0 aliphatic rings. The summed E-state index contributed by atoms with van der Waals surface area (Å²) in [6, 6.07) is 10.1. The Hall–Kier alpha value is -1.79. The Morgan fingerprint density at radius 3 is 2.88 bits per heavy atom. The van der Waals surface area contributed by atoms with E-state index < -0.39 is 5.54 Å². The maximum atomic E-state index is 8.90. The number of hydrogen-bond donors (Lipinski definition) is 1. The SMILES string of the molecule is CC(C)(C#N)NCc1coc2ccccc12. The third-order valence-corrected chi connectivity index (χ3v) is 2.56. The molecule has 1 heterocycles. The van der Waals surface area contributed by atoms with Crippen molar-refractivity contribution < 1.29 is 4.42 Å². The molecule has 0 unspecified atom stereocenters. The molecule has 2 rings (SSSR count). The molecule has 0 spiro atoms. The quantitative estimate of drug-likeness (QED) is 0.854. The molecule has 1 N–H and O–H groups in total. The highest BCUT2D eigenvalue weighted by Gasteiger charge is 2.16. The van der Waals surface area contributed by atoms with Crippen LogP contribution in [-0.2, 0) is 6.54 Å². The third-order valence-electron chi connectivity index (χ3n) is 2.56. The predicted molar refractivity (Wildman–Crippen MR) is 62.7 cm³/mol. The molecular formula is C13H14N2O. The Morgan fingerprint density at radius 2 is 2.12 bits per heavy atom. The zero-order chi connectivity index (χ0) is 11.6.